The number of nitrogens with one attached hydrogen (secondary N) is 1. The summed E-state index contributed by atoms with van der Waals surface area (Å²) in [4.78, 5) is 18.8. The quantitative estimate of drug-likeness (QED) is 0.703. The van der Waals surface area contributed by atoms with Crippen LogP contribution in [0.15, 0.2) is 23.3 Å². The number of aryl methyl sites for hydroxylation is 1. The molecule has 0 aliphatic heterocycles. The molecule has 0 fully saturated rings. The van der Waals surface area contributed by atoms with E-state index in [2.05, 4.69) is 15.1 Å². The average molecular weight is 369 g/mol. The monoisotopic (exact) mass is 369 g/mol. The van der Waals surface area contributed by atoms with Gasteiger partial charge in [-0.1, -0.05) is 0 Å². The molecule has 0 radical (unpaired) electrons. The van der Waals surface area contributed by atoms with Crippen LogP contribution in [0.25, 0.3) is 22.3 Å². The molecule has 10 heteroatoms. The van der Waals surface area contributed by atoms with Crippen molar-refractivity contribution in [1.82, 2.24) is 24.3 Å². The number of aromatic amines is 1. The highest BCUT2D eigenvalue weighted by atomic mass is 32.1. The lowest BCUT2D eigenvalue weighted by Crippen LogP contribution is -2.21. The molecule has 25 heavy (non-hydrogen) atoms. The highest BCUT2D eigenvalue weighted by molar-refractivity contribution is 7.71. The maximum Gasteiger partial charge on any atom is 0.417 e. The Labute approximate surface area is 144 Å². The van der Waals surface area contributed by atoms with Crippen LogP contribution in [-0.2, 0) is 13.2 Å². The van der Waals surface area contributed by atoms with E-state index in [1.165, 1.54) is 15.4 Å². The first-order chi connectivity index (χ1) is 11.6. The summed E-state index contributed by atoms with van der Waals surface area (Å²) in [6, 6.07) is 0.576. The fourth-order valence-corrected chi connectivity index (χ4v) is 3.04. The summed E-state index contributed by atoms with van der Waals surface area (Å²) in [6.07, 6.45) is -1.76. The highest BCUT2D eigenvalue weighted by Crippen LogP contribution is 2.35. The van der Waals surface area contributed by atoms with Crippen LogP contribution in [0.1, 0.15) is 25.5 Å². The lowest BCUT2D eigenvalue weighted by atomic mass is 10.1. The Morgan fingerprint density at radius 2 is 2.00 bits per heavy atom. The molecule has 3 aromatic heterocycles. The van der Waals surface area contributed by atoms with E-state index in [0.29, 0.717) is 5.56 Å². The van der Waals surface area contributed by atoms with E-state index in [4.69, 9.17) is 12.2 Å². The van der Waals surface area contributed by atoms with Crippen LogP contribution in [0.3, 0.4) is 0 Å². The van der Waals surface area contributed by atoms with Gasteiger partial charge in [0, 0.05) is 24.8 Å². The predicted octanol–water partition coefficient (Wildman–Crippen LogP) is 3.45. The molecule has 6 nitrogen and oxygen atoms in total. The zero-order chi connectivity index (χ0) is 18.5. The summed E-state index contributed by atoms with van der Waals surface area (Å²) in [5, 5.41) is 3.43. The molecule has 0 unspecified atom stereocenters. The van der Waals surface area contributed by atoms with Gasteiger partial charge in [-0.25, -0.2) is 4.98 Å². The molecule has 0 saturated heterocycles. The van der Waals surface area contributed by atoms with Crippen molar-refractivity contribution >= 4 is 23.3 Å². The van der Waals surface area contributed by atoms with E-state index in [1.807, 2.05) is 0 Å². The number of hydrogen-bond donors (Lipinski definition) is 1. The largest absolute Gasteiger partial charge is 0.417 e. The minimum atomic E-state index is -4.72. The van der Waals surface area contributed by atoms with Crippen LogP contribution in [-0.4, -0.2) is 24.3 Å². The van der Waals surface area contributed by atoms with Gasteiger partial charge in [0.2, 0.25) is 0 Å². The minimum Gasteiger partial charge on any atom is -0.300 e. The minimum absolute atomic E-state index is 0.0245. The van der Waals surface area contributed by atoms with Crippen molar-refractivity contribution in [2.75, 3.05) is 0 Å². The Morgan fingerprint density at radius 1 is 1.32 bits per heavy atom. The second-order valence-corrected chi connectivity index (χ2v) is 6.26. The van der Waals surface area contributed by atoms with Crippen molar-refractivity contribution < 1.29 is 13.2 Å². The van der Waals surface area contributed by atoms with Crippen molar-refractivity contribution in [2.45, 2.75) is 26.1 Å². The number of rotatable bonds is 2. The van der Waals surface area contributed by atoms with E-state index < -0.39 is 22.7 Å². The summed E-state index contributed by atoms with van der Waals surface area (Å²) in [6.45, 7) is 3.50. The molecule has 3 rings (SSSR count). The third kappa shape index (κ3) is 2.97. The van der Waals surface area contributed by atoms with Crippen LogP contribution in [0, 0.1) is 4.77 Å². The molecule has 132 valence electrons. The van der Waals surface area contributed by atoms with Crippen LogP contribution < -0.4 is 5.56 Å². The standard InChI is InChI=1S/C15H14F3N5OS/c1-7(2)23-12-11(13(24)21-14(23)25)9(15(16,17)18)4-10(20-12)8-5-19-22(3)6-8/h4-7H,1-3H3,(H,21,24,25). The zero-order valence-corrected chi connectivity index (χ0v) is 14.4. The Hall–Kier alpha value is -2.49. The highest BCUT2D eigenvalue weighted by Gasteiger charge is 2.35. The number of alkyl halides is 3. The molecule has 0 aromatic carbocycles. The van der Waals surface area contributed by atoms with E-state index in [-0.39, 0.29) is 22.2 Å². The third-order valence-corrected chi connectivity index (χ3v) is 4.02. The van der Waals surface area contributed by atoms with Crippen molar-refractivity contribution in [3.05, 3.63) is 39.1 Å². The van der Waals surface area contributed by atoms with Crippen LogP contribution in [0.5, 0.6) is 0 Å². The van der Waals surface area contributed by atoms with Gasteiger partial charge in [-0.2, -0.15) is 18.3 Å². The van der Waals surface area contributed by atoms with E-state index >= 15 is 0 Å². The number of pyridine rings is 1. The molecule has 3 aromatic rings. The molecule has 0 saturated carbocycles. The van der Waals surface area contributed by atoms with Gasteiger partial charge >= 0.3 is 6.18 Å². The Bertz CT molecular complexity index is 1080. The predicted molar refractivity (Wildman–Crippen MR) is 88.8 cm³/mol. The second kappa shape index (κ2) is 5.80. The number of halogens is 3. The van der Waals surface area contributed by atoms with Crippen molar-refractivity contribution in [3.8, 4) is 11.3 Å². The smallest absolute Gasteiger partial charge is 0.300 e. The average Bonchev–Trinajstić information content (AvgIpc) is 2.91. The fourth-order valence-electron chi connectivity index (χ4n) is 2.65. The summed E-state index contributed by atoms with van der Waals surface area (Å²) >= 11 is 5.11. The van der Waals surface area contributed by atoms with Gasteiger partial charge in [0.25, 0.3) is 5.56 Å². The van der Waals surface area contributed by atoms with Crippen molar-refractivity contribution in [3.63, 3.8) is 0 Å². The molecule has 0 spiro atoms. The Balaban J connectivity index is 2.53. The first-order valence-electron chi connectivity index (χ1n) is 7.35. The van der Waals surface area contributed by atoms with Gasteiger partial charge in [0.05, 0.1) is 22.8 Å². The number of H-pyrrole nitrogens is 1. The van der Waals surface area contributed by atoms with Crippen molar-refractivity contribution in [1.29, 1.82) is 0 Å². The fraction of sp³-hybridized carbons (Fsp3) is 0.333. The Kier molecular flexibility index (Phi) is 4.02. The SMILES string of the molecule is CC(C)n1c(=S)[nH]c(=O)c2c(C(F)(F)F)cc(-c3cnn(C)c3)nc21. The third-order valence-electron chi connectivity index (χ3n) is 3.72. The molecule has 0 aliphatic rings. The number of nitrogens with zero attached hydrogens (tertiary/aromatic N) is 4. The summed E-state index contributed by atoms with van der Waals surface area (Å²) in [5.74, 6) is 0. The van der Waals surface area contributed by atoms with Gasteiger partial charge in [-0.3, -0.25) is 19.0 Å². The second-order valence-electron chi connectivity index (χ2n) is 5.88. The van der Waals surface area contributed by atoms with Crippen LogP contribution in [0.2, 0.25) is 0 Å². The molecule has 3 heterocycles. The molecular weight excluding hydrogens is 355 g/mol. The first kappa shape index (κ1) is 17.3. The van der Waals surface area contributed by atoms with Crippen LogP contribution in [0.4, 0.5) is 13.2 Å². The maximum atomic E-state index is 13.6. The number of fused-ring (bicyclic) bond motifs is 1. The van der Waals surface area contributed by atoms with E-state index in [0.717, 1.165) is 6.07 Å². The van der Waals surface area contributed by atoms with Gasteiger partial charge < -0.3 is 0 Å². The summed E-state index contributed by atoms with van der Waals surface area (Å²) < 4.78 is 43.7. The first-order valence-corrected chi connectivity index (χ1v) is 7.76. The lowest BCUT2D eigenvalue weighted by Gasteiger charge is -2.17. The van der Waals surface area contributed by atoms with Crippen LogP contribution >= 0.6 is 12.2 Å². The molecular formula is C15H14F3N5OS. The molecule has 0 bridgehead atoms. The summed E-state index contributed by atoms with van der Waals surface area (Å²) in [5.41, 5.74) is -1.58. The van der Waals surface area contributed by atoms with Gasteiger partial charge in [-0.05, 0) is 32.1 Å². The van der Waals surface area contributed by atoms with E-state index in [1.54, 1.807) is 27.1 Å². The topological polar surface area (TPSA) is 68.5 Å². The van der Waals surface area contributed by atoms with Gasteiger partial charge in [-0.15, -0.1) is 0 Å². The van der Waals surface area contributed by atoms with Crippen molar-refractivity contribution in [2.24, 2.45) is 7.05 Å². The number of hydrogen-bond acceptors (Lipinski definition) is 4. The lowest BCUT2D eigenvalue weighted by molar-refractivity contribution is -0.136. The molecule has 0 atom stereocenters. The summed E-state index contributed by atoms with van der Waals surface area (Å²) in [7, 11) is 1.65. The van der Waals surface area contributed by atoms with E-state index in [9.17, 15) is 18.0 Å². The number of aromatic nitrogens is 5. The molecule has 1 N–H and O–H groups in total. The Morgan fingerprint density at radius 3 is 2.52 bits per heavy atom. The molecule has 0 amide bonds. The molecule has 0 aliphatic carbocycles. The zero-order valence-electron chi connectivity index (χ0n) is 13.5. The van der Waals surface area contributed by atoms with Gasteiger partial charge in [0.1, 0.15) is 5.65 Å². The maximum absolute atomic E-state index is 13.6. The normalized spacial score (nSPS) is 12.3. The van der Waals surface area contributed by atoms with Gasteiger partial charge in [0.15, 0.2) is 4.77 Å².